The van der Waals surface area contributed by atoms with Gasteiger partial charge in [-0.1, -0.05) is 51.9 Å². The van der Waals surface area contributed by atoms with E-state index >= 15 is 0 Å². The van der Waals surface area contributed by atoms with Gasteiger partial charge in [0.15, 0.2) is 7.11 Å². The third-order valence-electron chi connectivity index (χ3n) is 2.10. The zero-order chi connectivity index (χ0) is 9.07. The van der Waals surface area contributed by atoms with Crippen molar-refractivity contribution in [2.75, 3.05) is 6.61 Å². The van der Waals surface area contributed by atoms with Crippen molar-refractivity contribution in [1.29, 1.82) is 0 Å². The predicted octanol–water partition coefficient (Wildman–Crippen LogP) is 3.69. The number of hydrogen-bond acceptors (Lipinski definition) is 1. The van der Waals surface area contributed by atoms with Crippen molar-refractivity contribution in [1.82, 2.24) is 0 Å². The van der Waals surface area contributed by atoms with Crippen molar-refractivity contribution in [3.8, 4) is 0 Å². The highest BCUT2D eigenvalue weighted by Crippen LogP contribution is 2.07. The van der Waals surface area contributed by atoms with Crippen LogP contribution in [0.1, 0.15) is 58.3 Å². The van der Waals surface area contributed by atoms with Gasteiger partial charge in [0.25, 0.3) is 0 Å². The highest BCUT2D eigenvalue weighted by molar-refractivity contribution is 4.45. The van der Waals surface area contributed by atoms with Gasteiger partial charge in [0.2, 0.25) is 0 Å². The minimum Gasteiger partial charge on any atom is -0.365 e. The fraction of sp³-hybridized carbons (Fsp3) is 0.909. The quantitative estimate of drug-likeness (QED) is 0.478. The summed E-state index contributed by atoms with van der Waals surface area (Å²) < 4.78 is 4.24. The van der Waals surface area contributed by atoms with E-state index in [0.717, 1.165) is 6.42 Å². The van der Waals surface area contributed by atoms with Gasteiger partial charge in [-0.3, -0.25) is 0 Å². The van der Waals surface area contributed by atoms with E-state index in [2.05, 4.69) is 11.7 Å². The molecule has 1 heteroatoms. The molecular weight excluding hydrogens is 148 g/mol. The van der Waals surface area contributed by atoms with Crippen molar-refractivity contribution >= 4 is 0 Å². The van der Waals surface area contributed by atoms with E-state index in [9.17, 15) is 0 Å². The Labute approximate surface area is 77.5 Å². The summed E-state index contributed by atoms with van der Waals surface area (Å²) in [4.78, 5) is 0. The Balaban J connectivity index is 2.73. The summed E-state index contributed by atoms with van der Waals surface area (Å²) in [6, 6.07) is 0. The fourth-order valence-electron chi connectivity index (χ4n) is 1.31. The van der Waals surface area contributed by atoms with Gasteiger partial charge in [0.05, 0.1) is 0 Å². The van der Waals surface area contributed by atoms with Crippen LogP contribution in [0.5, 0.6) is 0 Å². The van der Waals surface area contributed by atoms with Crippen molar-refractivity contribution in [2.45, 2.75) is 58.3 Å². The number of hydrogen-bond donors (Lipinski definition) is 0. The molecule has 0 N–H and O–H groups in total. The average Bonchev–Trinajstić information content (AvgIpc) is 2.10. The molecule has 0 rings (SSSR count). The molecule has 0 aliphatic rings. The smallest absolute Gasteiger partial charge is 0.173 e. The minimum atomic E-state index is 0.606. The van der Waals surface area contributed by atoms with Gasteiger partial charge in [0.1, 0.15) is 0 Å². The summed E-state index contributed by atoms with van der Waals surface area (Å²) in [5.74, 6) is 0. The lowest BCUT2D eigenvalue weighted by atomic mass is 10.1. The normalized spacial score (nSPS) is 10.5. The molecular formula is C11H21O. The van der Waals surface area contributed by atoms with Crippen molar-refractivity contribution in [3.05, 3.63) is 7.11 Å². The van der Waals surface area contributed by atoms with Crippen LogP contribution >= 0.6 is 0 Å². The lowest BCUT2D eigenvalue weighted by Gasteiger charge is -2.00. The van der Waals surface area contributed by atoms with Crippen LogP contribution in [0.25, 0.3) is 0 Å². The number of ether oxygens (including phenoxy) is 1. The molecule has 0 aromatic rings. The Morgan fingerprint density at radius 1 is 0.833 bits per heavy atom. The molecule has 0 fully saturated rings. The molecule has 0 unspecified atom stereocenters. The Hall–Kier alpha value is -0.0400. The van der Waals surface area contributed by atoms with E-state index in [4.69, 9.17) is 7.11 Å². The van der Waals surface area contributed by atoms with Gasteiger partial charge in [-0.05, 0) is 6.42 Å². The molecule has 0 aliphatic heterocycles. The van der Waals surface area contributed by atoms with Crippen LogP contribution < -0.4 is 0 Å². The maximum absolute atomic E-state index is 6.47. The lowest BCUT2D eigenvalue weighted by Crippen LogP contribution is -1.86. The standard InChI is InChI=1S/C11H21O/c1-3-4-5-6-7-8-9-10-11-12-2/h3-11H2,1H3. The molecule has 12 heavy (non-hydrogen) atoms. The SMILES string of the molecule is [C]OCCCCCCCCCC. The summed E-state index contributed by atoms with van der Waals surface area (Å²) >= 11 is 0. The fourth-order valence-corrected chi connectivity index (χ4v) is 1.31. The average molecular weight is 169 g/mol. The Bertz CT molecular complexity index is 61.4. The first kappa shape index (κ1) is 12.0. The van der Waals surface area contributed by atoms with Crippen molar-refractivity contribution in [2.24, 2.45) is 0 Å². The highest BCUT2D eigenvalue weighted by Gasteiger charge is 1.90. The molecule has 0 heterocycles. The summed E-state index contributed by atoms with van der Waals surface area (Å²) in [5.41, 5.74) is 0. The molecule has 0 aromatic heterocycles. The second kappa shape index (κ2) is 11.0. The number of unbranched alkanes of at least 4 members (excludes halogenated alkanes) is 7. The Kier molecular flexibility index (Phi) is 10.9. The molecule has 3 radical (unpaired) electrons. The van der Waals surface area contributed by atoms with E-state index < -0.39 is 0 Å². The van der Waals surface area contributed by atoms with Crippen LogP contribution in [0.15, 0.2) is 0 Å². The van der Waals surface area contributed by atoms with E-state index in [1.807, 2.05) is 0 Å². The van der Waals surface area contributed by atoms with Crippen LogP contribution in [0.4, 0.5) is 0 Å². The van der Waals surface area contributed by atoms with E-state index in [1.165, 1.54) is 44.9 Å². The zero-order valence-corrected chi connectivity index (χ0v) is 8.27. The van der Waals surface area contributed by atoms with Crippen LogP contribution in [0.3, 0.4) is 0 Å². The molecule has 0 aliphatic carbocycles. The Morgan fingerprint density at radius 3 is 1.83 bits per heavy atom. The third kappa shape index (κ3) is 9.96. The van der Waals surface area contributed by atoms with Gasteiger partial charge in [-0.2, -0.15) is 0 Å². The number of rotatable bonds is 9. The van der Waals surface area contributed by atoms with Crippen LogP contribution in [0.2, 0.25) is 0 Å². The molecule has 0 aromatic carbocycles. The molecule has 1 nitrogen and oxygen atoms in total. The second-order valence-corrected chi connectivity index (χ2v) is 3.32. The first-order chi connectivity index (χ1) is 5.91. The summed E-state index contributed by atoms with van der Waals surface area (Å²) in [6.07, 6.45) is 10.4. The van der Waals surface area contributed by atoms with E-state index in [1.54, 1.807) is 0 Å². The highest BCUT2D eigenvalue weighted by atomic mass is 16.5. The topological polar surface area (TPSA) is 9.23 Å². The van der Waals surface area contributed by atoms with Gasteiger partial charge in [-0.25, -0.2) is 0 Å². The largest absolute Gasteiger partial charge is 0.365 e. The van der Waals surface area contributed by atoms with Crippen LogP contribution in [-0.2, 0) is 4.74 Å². The maximum atomic E-state index is 6.47. The first-order valence-electron chi connectivity index (χ1n) is 5.20. The zero-order valence-electron chi connectivity index (χ0n) is 8.27. The molecule has 0 saturated carbocycles. The summed E-state index contributed by atoms with van der Waals surface area (Å²) in [7, 11) is 6.47. The first-order valence-corrected chi connectivity index (χ1v) is 5.20. The molecule has 71 valence electrons. The predicted molar refractivity (Wildman–Crippen MR) is 51.8 cm³/mol. The molecule has 0 amide bonds. The minimum absolute atomic E-state index is 0.606. The van der Waals surface area contributed by atoms with Gasteiger partial charge in [-0.15, -0.1) is 0 Å². The molecule has 0 atom stereocenters. The molecule has 0 bridgehead atoms. The maximum Gasteiger partial charge on any atom is 0.173 e. The molecule has 0 spiro atoms. The van der Waals surface area contributed by atoms with E-state index in [0.29, 0.717) is 6.61 Å². The third-order valence-corrected chi connectivity index (χ3v) is 2.10. The summed E-state index contributed by atoms with van der Waals surface area (Å²) in [6.45, 7) is 2.85. The van der Waals surface area contributed by atoms with Gasteiger partial charge in [0, 0.05) is 6.61 Å². The second-order valence-electron chi connectivity index (χ2n) is 3.32. The van der Waals surface area contributed by atoms with Crippen molar-refractivity contribution in [3.63, 3.8) is 0 Å². The molecule has 0 saturated heterocycles. The van der Waals surface area contributed by atoms with Gasteiger partial charge < -0.3 is 4.74 Å². The summed E-state index contributed by atoms with van der Waals surface area (Å²) in [5, 5.41) is 0. The van der Waals surface area contributed by atoms with E-state index in [-0.39, 0.29) is 0 Å². The van der Waals surface area contributed by atoms with Crippen LogP contribution in [0, 0.1) is 7.11 Å². The van der Waals surface area contributed by atoms with Gasteiger partial charge >= 0.3 is 0 Å². The monoisotopic (exact) mass is 169 g/mol. The van der Waals surface area contributed by atoms with Crippen molar-refractivity contribution < 1.29 is 4.74 Å². The van der Waals surface area contributed by atoms with Crippen LogP contribution in [-0.4, -0.2) is 6.61 Å². The Morgan fingerprint density at radius 2 is 1.33 bits per heavy atom. The lowest BCUT2D eigenvalue weighted by molar-refractivity contribution is 0.233.